The lowest BCUT2D eigenvalue weighted by Crippen LogP contribution is -2.14. The van der Waals surface area contributed by atoms with Crippen molar-refractivity contribution in [1.82, 2.24) is 4.98 Å². The highest BCUT2D eigenvalue weighted by Gasteiger charge is 2.24. The molecule has 0 saturated carbocycles. The van der Waals surface area contributed by atoms with Crippen LogP contribution in [0.5, 0.6) is 11.5 Å². The first-order valence-electron chi connectivity index (χ1n) is 8.48. The van der Waals surface area contributed by atoms with Crippen molar-refractivity contribution in [3.05, 3.63) is 46.4 Å². The Hall–Kier alpha value is -2.94. The van der Waals surface area contributed by atoms with Crippen molar-refractivity contribution in [3.63, 3.8) is 0 Å². The molecule has 1 atom stereocenters. The van der Waals surface area contributed by atoms with Crippen LogP contribution in [-0.2, 0) is 16.4 Å². The summed E-state index contributed by atoms with van der Waals surface area (Å²) in [6, 6.07) is 7.60. The number of oxazole rings is 1. The number of anilines is 1. The zero-order valence-electron chi connectivity index (χ0n) is 14.7. The van der Waals surface area contributed by atoms with E-state index in [1.807, 2.05) is 13.8 Å². The first-order valence-corrected chi connectivity index (χ1v) is 9.96. The molecule has 1 aliphatic rings. The molecule has 2 N–H and O–H groups in total. The minimum absolute atomic E-state index is 0.0280. The van der Waals surface area contributed by atoms with Crippen LogP contribution in [0.4, 0.5) is 5.69 Å². The second kappa shape index (κ2) is 6.34. The van der Waals surface area contributed by atoms with Gasteiger partial charge < -0.3 is 13.9 Å². The van der Waals surface area contributed by atoms with Crippen LogP contribution in [0.1, 0.15) is 19.4 Å². The van der Waals surface area contributed by atoms with Crippen LogP contribution in [0.3, 0.4) is 0 Å². The third-order valence-corrected chi connectivity index (χ3v) is 5.61. The molecule has 0 spiro atoms. The lowest BCUT2D eigenvalue weighted by Gasteiger charge is -2.14. The fourth-order valence-corrected chi connectivity index (χ4v) is 4.17. The van der Waals surface area contributed by atoms with Crippen molar-refractivity contribution in [2.24, 2.45) is 0 Å². The van der Waals surface area contributed by atoms with Crippen LogP contribution in [0.2, 0.25) is 0 Å². The average molecular weight is 390 g/mol. The Labute approximate surface area is 155 Å². The SMILES string of the molecule is CCOc1cc2c(cc1NS(=O)(=O)c1ccc3[nH]c(=O)oc3c1)OC(C)C2. The number of hydrogen-bond acceptors (Lipinski definition) is 6. The minimum atomic E-state index is -3.93. The summed E-state index contributed by atoms with van der Waals surface area (Å²) in [5, 5.41) is 0. The second-order valence-electron chi connectivity index (χ2n) is 6.30. The molecule has 1 aliphatic heterocycles. The number of rotatable bonds is 5. The molecule has 9 heteroatoms. The molecule has 3 aromatic rings. The maximum Gasteiger partial charge on any atom is 0.417 e. The summed E-state index contributed by atoms with van der Waals surface area (Å²) < 4.78 is 44.5. The van der Waals surface area contributed by atoms with E-state index in [-0.39, 0.29) is 16.6 Å². The molecule has 0 aliphatic carbocycles. The average Bonchev–Trinajstić information content (AvgIpc) is 3.14. The smallest absolute Gasteiger partial charge is 0.417 e. The van der Waals surface area contributed by atoms with Gasteiger partial charge in [-0.15, -0.1) is 0 Å². The monoisotopic (exact) mass is 390 g/mol. The Morgan fingerprint density at radius 3 is 2.89 bits per heavy atom. The Morgan fingerprint density at radius 2 is 2.11 bits per heavy atom. The maximum absolute atomic E-state index is 12.8. The van der Waals surface area contributed by atoms with Gasteiger partial charge in [0, 0.05) is 24.1 Å². The molecule has 2 heterocycles. The van der Waals surface area contributed by atoms with E-state index in [0.717, 1.165) is 12.0 Å². The van der Waals surface area contributed by atoms with Crippen molar-refractivity contribution in [1.29, 1.82) is 0 Å². The first kappa shape index (κ1) is 17.5. The zero-order valence-corrected chi connectivity index (χ0v) is 15.6. The third-order valence-electron chi connectivity index (χ3n) is 4.25. The minimum Gasteiger partial charge on any atom is -0.492 e. The molecule has 0 radical (unpaired) electrons. The van der Waals surface area contributed by atoms with Crippen molar-refractivity contribution in [3.8, 4) is 11.5 Å². The van der Waals surface area contributed by atoms with Gasteiger partial charge in [0.05, 0.1) is 22.7 Å². The van der Waals surface area contributed by atoms with Gasteiger partial charge in [-0.05, 0) is 32.0 Å². The van der Waals surface area contributed by atoms with E-state index in [1.165, 1.54) is 18.2 Å². The topological polar surface area (TPSA) is 111 Å². The molecular formula is C18H18N2O6S. The van der Waals surface area contributed by atoms with Gasteiger partial charge in [0.15, 0.2) is 5.58 Å². The van der Waals surface area contributed by atoms with Gasteiger partial charge in [0.25, 0.3) is 10.0 Å². The molecule has 0 amide bonds. The summed E-state index contributed by atoms with van der Waals surface area (Å²) in [6.45, 7) is 4.17. The van der Waals surface area contributed by atoms with Crippen LogP contribution in [0, 0.1) is 0 Å². The number of fused-ring (bicyclic) bond motifs is 2. The highest BCUT2D eigenvalue weighted by atomic mass is 32.2. The standard InChI is InChI=1S/C18H18N2O6S/c1-3-24-16-7-11-6-10(2)25-15(11)9-14(16)20-27(22,23)12-4-5-13-17(8-12)26-18(21)19-13/h4-5,7-10,20H,3,6H2,1-2H3,(H,19,21). The van der Waals surface area contributed by atoms with Gasteiger partial charge in [-0.1, -0.05) is 0 Å². The summed E-state index contributed by atoms with van der Waals surface area (Å²) >= 11 is 0. The number of aromatic amines is 1. The highest BCUT2D eigenvalue weighted by Crippen LogP contribution is 2.39. The number of aromatic nitrogens is 1. The van der Waals surface area contributed by atoms with E-state index in [4.69, 9.17) is 13.9 Å². The van der Waals surface area contributed by atoms with Crippen LogP contribution >= 0.6 is 0 Å². The molecule has 0 saturated heterocycles. The molecule has 142 valence electrons. The molecule has 0 bridgehead atoms. The lowest BCUT2D eigenvalue weighted by molar-refractivity contribution is 0.254. The predicted molar refractivity (Wildman–Crippen MR) is 99.0 cm³/mol. The van der Waals surface area contributed by atoms with Gasteiger partial charge in [0.2, 0.25) is 0 Å². The summed E-state index contributed by atoms with van der Waals surface area (Å²) in [5.74, 6) is 0.429. The normalized spacial score (nSPS) is 16.1. The van der Waals surface area contributed by atoms with Gasteiger partial charge in [-0.2, -0.15) is 0 Å². The Bertz CT molecular complexity index is 1180. The van der Waals surface area contributed by atoms with Crippen molar-refractivity contribution >= 4 is 26.8 Å². The van der Waals surface area contributed by atoms with Crippen LogP contribution in [-0.4, -0.2) is 26.1 Å². The predicted octanol–water partition coefficient (Wildman–Crippen LogP) is 2.64. The largest absolute Gasteiger partial charge is 0.492 e. The number of hydrogen-bond donors (Lipinski definition) is 2. The number of nitrogens with one attached hydrogen (secondary N) is 2. The second-order valence-corrected chi connectivity index (χ2v) is 7.98. The van der Waals surface area contributed by atoms with E-state index in [1.54, 1.807) is 12.1 Å². The summed E-state index contributed by atoms with van der Waals surface area (Å²) in [7, 11) is -3.93. The van der Waals surface area contributed by atoms with Crippen molar-refractivity contribution < 1.29 is 22.3 Å². The molecular weight excluding hydrogens is 372 g/mol. The van der Waals surface area contributed by atoms with Gasteiger partial charge >= 0.3 is 5.76 Å². The maximum atomic E-state index is 12.8. The van der Waals surface area contributed by atoms with Gasteiger partial charge in [-0.3, -0.25) is 9.71 Å². The van der Waals surface area contributed by atoms with Crippen LogP contribution in [0.25, 0.3) is 11.1 Å². The third kappa shape index (κ3) is 3.25. The van der Waals surface area contributed by atoms with Crippen LogP contribution in [0.15, 0.2) is 44.4 Å². The summed E-state index contributed by atoms with van der Waals surface area (Å²) in [6.07, 6.45) is 0.770. The molecule has 27 heavy (non-hydrogen) atoms. The van der Waals surface area contributed by atoms with E-state index >= 15 is 0 Å². The Balaban J connectivity index is 1.73. The van der Waals surface area contributed by atoms with Gasteiger partial charge in [0.1, 0.15) is 17.6 Å². The molecule has 2 aromatic carbocycles. The fourth-order valence-electron chi connectivity index (χ4n) is 3.09. The molecule has 4 rings (SSSR count). The van der Waals surface area contributed by atoms with Crippen molar-refractivity contribution in [2.75, 3.05) is 11.3 Å². The summed E-state index contributed by atoms with van der Waals surface area (Å²) in [4.78, 5) is 13.7. The summed E-state index contributed by atoms with van der Waals surface area (Å²) in [5.41, 5.74) is 1.86. The molecule has 0 fully saturated rings. The van der Waals surface area contributed by atoms with E-state index < -0.39 is 15.8 Å². The van der Waals surface area contributed by atoms with E-state index in [0.29, 0.717) is 29.3 Å². The quantitative estimate of drug-likeness (QED) is 0.693. The number of H-pyrrole nitrogens is 1. The highest BCUT2D eigenvalue weighted by molar-refractivity contribution is 7.92. The molecule has 8 nitrogen and oxygen atoms in total. The zero-order chi connectivity index (χ0) is 19.2. The van der Waals surface area contributed by atoms with E-state index in [9.17, 15) is 13.2 Å². The first-order chi connectivity index (χ1) is 12.9. The number of ether oxygens (including phenoxy) is 2. The van der Waals surface area contributed by atoms with Crippen LogP contribution < -0.4 is 20.0 Å². The molecule has 1 unspecified atom stereocenters. The Morgan fingerprint density at radius 1 is 1.30 bits per heavy atom. The molecule has 1 aromatic heterocycles. The van der Waals surface area contributed by atoms with E-state index in [2.05, 4.69) is 9.71 Å². The lowest BCUT2D eigenvalue weighted by atomic mass is 10.1. The fraction of sp³-hybridized carbons (Fsp3) is 0.278. The number of sulfonamides is 1. The van der Waals surface area contributed by atoms with Crippen molar-refractivity contribution in [2.45, 2.75) is 31.3 Å². The number of benzene rings is 2. The Kier molecular flexibility index (Phi) is 4.11. The van der Waals surface area contributed by atoms with Gasteiger partial charge in [-0.25, -0.2) is 13.2 Å².